The minimum Gasteiger partial charge on any atom is -0.497 e. The van der Waals surface area contributed by atoms with E-state index in [1.807, 2.05) is 12.1 Å². The minimum atomic E-state index is -0.185. The lowest BCUT2D eigenvalue weighted by molar-refractivity contribution is 0.0383. The molecule has 0 aliphatic carbocycles. The Morgan fingerprint density at radius 3 is 2.68 bits per heavy atom. The van der Waals surface area contributed by atoms with Gasteiger partial charge >= 0.3 is 0 Å². The number of rotatable bonds is 7. The van der Waals surface area contributed by atoms with Crippen molar-refractivity contribution < 1.29 is 19.1 Å². The summed E-state index contributed by atoms with van der Waals surface area (Å²) in [5.41, 5.74) is 3.65. The molecule has 7 nitrogen and oxygen atoms in total. The third-order valence-corrected chi connectivity index (χ3v) is 6.21. The number of nitrogens with zero attached hydrogens (tertiary/aromatic N) is 1. The van der Waals surface area contributed by atoms with E-state index in [4.69, 9.17) is 9.47 Å². The standard InChI is InChI=1S/C27H33N3O4/c1-27(2)18-21-7-8-22(33-3)16-23(21)24(29-27)17-25(31)19-5-4-6-20(15-19)26(32)28-9-10-30-11-13-34-14-12-30/h4-8,15-17,29H,9-14,18H2,1-3H3,(H,28,32)/b24-17-. The van der Waals surface area contributed by atoms with Crippen molar-refractivity contribution >= 4 is 17.4 Å². The number of carbonyl (C=O) groups is 2. The number of ketones is 1. The summed E-state index contributed by atoms with van der Waals surface area (Å²) in [6.45, 7) is 8.79. The van der Waals surface area contributed by atoms with E-state index in [1.165, 1.54) is 0 Å². The van der Waals surface area contributed by atoms with Crippen LogP contribution in [-0.2, 0) is 11.2 Å². The third kappa shape index (κ3) is 5.85. The van der Waals surface area contributed by atoms with Crippen LogP contribution >= 0.6 is 0 Å². The number of allylic oxidation sites excluding steroid dienone is 1. The van der Waals surface area contributed by atoms with Gasteiger partial charge in [0.15, 0.2) is 5.78 Å². The van der Waals surface area contributed by atoms with Crippen molar-refractivity contribution in [2.75, 3.05) is 46.5 Å². The summed E-state index contributed by atoms with van der Waals surface area (Å²) in [5.74, 6) is 0.411. The Bertz CT molecular complexity index is 1090. The van der Waals surface area contributed by atoms with Crippen molar-refractivity contribution in [3.63, 3.8) is 0 Å². The van der Waals surface area contributed by atoms with E-state index in [1.54, 1.807) is 37.5 Å². The topological polar surface area (TPSA) is 79.9 Å². The van der Waals surface area contributed by atoms with Crippen molar-refractivity contribution in [3.8, 4) is 5.75 Å². The molecule has 7 heteroatoms. The summed E-state index contributed by atoms with van der Waals surface area (Å²) >= 11 is 0. The summed E-state index contributed by atoms with van der Waals surface area (Å²) in [6.07, 6.45) is 2.46. The van der Waals surface area contributed by atoms with Crippen molar-refractivity contribution in [1.82, 2.24) is 15.5 Å². The van der Waals surface area contributed by atoms with Gasteiger partial charge in [-0.05, 0) is 50.1 Å². The molecule has 180 valence electrons. The summed E-state index contributed by atoms with van der Waals surface area (Å²) in [4.78, 5) is 28.1. The van der Waals surface area contributed by atoms with Gasteiger partial charge in [-0.3, -0.25) is 14.5 Å². The highest BCUT2D eigenvalue weighted by Gasteiger charge is 2.28. The van der Waals surface area contributed by atoms with Crippen molar-refractivity contribution in [1.29, 1.82) is 0 Å². The van der Waals surface area contributed by atoms with Crippen LogP contribution in [0.3, 0.4) is 0 Å². The van der Waals surface area contributed by atoms with Gasteiger partial charge in [-0.15, -0.1) is 0 Å². The van der Waals surface area contributed by atoms with Crippen molar-refractivity contribution in [2.24, 2.45) is 0 Å². The van der Waals surface area contributed by atoms with Crippen LogP contribution in [0.1, 0.15) is 45.7 Å². The Morgan fingerprint density at radius 1 is 1.15 bits per heavy atom. The zero-order valence-corrected chi connectivity index (χ0v) is 20.1. The van der Waals surface area contributed by atoms with E-state index in [9.17, 15) is 9.59 Å². The number of amides is 1. The van der Waals surface area contributed by atoms with E-state index in [-0.39, 0.29) is 17.2 Å². The van der Waals surface area contributed by atoms with Gasteiger partial charge in [-0.1, -0.05) is 18.2 Å². The predicted octanol–water partition coefficient (Wildman–Crippen LogP) is 2.91. The van der Waals surface area contributed by atoms with Crippen LogP contribution in [0.15, 0.2) is 48.5 Å². The second-order valence-electron chi connectivity index (χ2n) is 9.42. The van der Waals surface area contributed by atoms with E-state index < -0.39 is 0 Å². The van der Waals surface area contributed by atoms with Crippen LogP contribution in [-0.4, -0.2) is 68.6 Å². The molecule has 2 heterocycles. The lowest BCUT2D eigenvalue weighted by Gasteiger charge is -2.35. The molecule has 0 atom stereocenters. The average Bonchev–Trinajstić information content (AvgIpc) is 2.84. The molecular formula is C27H33N3O4. The Hall–Kier alpha value is -3.16. The molecule has 2 aromatic carbocycles. The molecule has 4 rings (SSSR count). The molecule has 1 amide bonds. The smallest absolute Gasteiger partial charge is 0.251 e. The fraction of sp³-hybridized carbons (Fsp3) is 0.407. The minimum absolute atomic E-state index is 0.156. The molecule has 1 saturated heterocycles. The molecule has 0 unspecified atom stereocenters. The van der Waals surface area contributed by atoms with Gasteiger partial charge in [0.25, 0.3) is 5.91 Å². The lowest BCUT2D eigenvalue weighted by atomic mass is 9.85. The van der Waals surface area contributed by atoms with Gasteiger partial charge in [0.2, 0.25) is 0 Å². The third-order valence-electron chi connectivity index (χ3n) is 6.21. The van der Waals surface area contributed by atoms with Gasteiger partial charge < -0.3 is 20.1 Å². The molecule has 0 radical (unpaired) electrons. The number of ether oxygens (including phenoxy) is 2. The zero-order valence-electron chi connectivity index (χ0n) is 20.1. The molecule has 0 bridgehead atoms. The molecule has 0 spiro atoms. The molecule has 34 heavy (non-hydrogen) atoms. The fourth-order valence-electron chi connectivity index (χ4n) is 4.44. The largest absolute Gasteiger partial charge is 0.497 e. The molecule has 2 aromatic rings. The van der Waals surface area contributed by atoms with Crippen LogP contribution in [0.4, 0.5) is 0 Å². The zero-order chi connectivity index (χ0) is 24.1. The summed E-state index contributed by atoms with van der Waals surface area (Å²) in [7, 11) is 1.63. The number of hydrogen-bond donors (Lipinski definition) is 2. The average molecular weight is 464 g/mol. The van der Waals surface area contributed by atoms with E-state index in [0.717, 1.165) is 61.8 Å². The molecule has 1 fully saturated rings. The quantitative estimate of drug-likeness (QED) is 0.486. The highest BCUT2D eigenvalue weighted by atomic mass is 16.5. The predicted molar refractivity (Wildman–Crippen MR) is 132 cm³/mol. The highest BCUT2D eigenvalue weighted by Crippen LogP contribution is 2.32. The Morgan fingerprint density at radius 2 is 1.91 bits per heavy atom. The Labute approximate surface area is 201 Å². The molecular weight excluding hydrogens is 430 g/mol. The number of methoxy groups -OCH3 is 1. The first-order valence-electron chi connectivity index (χ1n) is 11.7. The van der Waals surface area contributed by atoms with Crippen LogP contribution in [0.5, 0.6) is 5.75 Å². The summed E-state index contributed by atoms with van der Waals surface area (Å²) in [5, 5.41) is 6.45. The highest BCUT2D eigenvalue weighted by molar-refractivity contribution is 6.10. The van der Waals surface area contributed by atoms with Crippen LogP contribution in [0.2, 0.25) is 0 Å². The maximum absolute atomic E-state index is 13.2. The molecule has 2 N–H and O–H groups in total. The van der Waals surface area contributed by atoms with E-state index in [0.29, 0.717) is 17.7 Å². The van der Waals surface area contributed by atoms with E-state index in [2.05, 4.69) is 35.4 Å². The Balaban J connectivity index is 1.48. The second-order valence-corrected chi connectivity index (χ2v) is 9.42. The monoisotopic (exact) mass is 463 g/mol. The SMILES string of the molecule is COc1ccc2c(c1)/C(=C/C(=O)c1cccc(C(=O)NCCN3CCOCC3)c1)NC(C)(C)C2. The first-order valence-corrected chi connectivity index (χ1v) is 11.7. The number of hydrogen-bond acceptors (Lipinski definition) is 6. The van der Waals surface area contributed by atoms with E-state index >= 15 is 0 Å². The van der Waals surface area contributed by atoms with Crippen LogP contribution in [0, 0.1) is 0 Å². The number of nitrogens with one attached hydrogen (secondary N) is 2. The van der Waals surface area contributed by atoms with Crippen molar-refractivity contribution in [3.05, 3.63) is 70.8 Å². The lowest BCUT2D eigenvalue weighted by Crippen LogP contribution is -2.43. The number of carbonyl (C=O) groups excluding carboxylic acids is 2. The number of morpholine rings is 1. The van der Waals surface area contributed by atoms with Gasteiger partial charge in [0, 0.05) is 60.2 Å². The first kappa shape index (κ1) is 24.0. The molecule has 0 aromatic heterocycles. The Kier molecular flexibility index (Phi) is 7.34. The van der Waals surface area contributed by atoms with Gasteiger partial charge in [0.05, 0.1) is 20.3 Å². The first-order chi connectivity index (χ1) is 16.3. The normalized spacial score (nSPS) is 18.6. The molecule has 2 aliphatic heterocycles. The van der Waals surface area contributed by atoms with Gasteiger partial charge in [-0.25, -0.2) is 0 Å². The number of fused-ring (bicyclic) bond motifs is 1. The second kappa shape index (κ2) is 10.4. The maximum Gasteiger partial charge on any atom is 0.251 e. The van der Waals surface area contributed by atoms with Crippen molar-refractivity contribution in [2.45, 2.75) is 25.8 Å². The summed E-state index contributed by atoms with van der Waals surface area (Å²) in [6, 6.07) is 12.8. The fourth-order valence-corrected chi connectivity index (χ4v) is 4.44. The molecule has 0 saturated carbocycles. The molecule has 2 aliphatic rings. The maximum atomic E-state index is 13.2. The van der Waals surface area contributed by atoms with Gasteiger partial charge in [0.1, 0.15) is 5.75 Å². The summed E-state index contributed by atoms with van der Waals surface area (Å²) < 4.78 is 10.7. The van der Waals surface area contributed by atoms with Gasteiger partial charge in [-0.2, -0.15) is 0 Å². The van der Waals surface area contributed by atoms with Crippen LogP contribution < -0.4 is 15.4 Å². The van der Waals surface area contributed by atoms with Crippen LogP contribution in [0.25, 0.3) is 5.70 Å². The number of benzene rings is 2.